The van der Waals surface area contributed by atoms with E-state index in [4.69, 9.17) is 18.9 Å². The second kappa shape index (κ2) is 8.05. The van der Waals surface area contributed by atoms with Crippen LogP contribution in [-0.2, 0) is 26.6 Å². The minimum atomic E-state index is -1.31. The van der Waals surface area contributed by atoms with E-state index >= 15 is 0 Å². The molecular weight excluding hydrogens is 370 g/mol. The van der Waals surface area contributed by atoms with Crippen molar-refractivity contribution in [1.29, 1.82) is 0 Å². The molecule has 6 heteroatoms. The maximum Gasteiger partial charge on any atom is 0.292 e. The SMILES string of the molecule is CCCCOc1ccc(CN2C(=O)C3(OCCO3)c3cc(C)ccc32)cc1OC. The molecule has 6 nitrogen and oxygen atoms in total. The number of carbonyl (C=O) groups excluding carboxylic acids is 1. The van der Waals surface area contributed by atoms with E-state index in [-0.39, 0.29) is 5.91 Å². The summed E-state index contributed by atoms with van der Waals surface area (Å²) in [4.78, 5) is 15.0. The monoisotopic (exact) mass is 397 g/mol. The molecule has 0 N–H and O–H groups in total. The highest BCUT2D eigenvalue weighted by molar-refractivity contribution is 6.06. The molecule has 0 atom stereocenters. The predicted octanol–water partition coefficient (Wildman–Crippen LogP) is 3.93. The van der Waals surface area contributed by atoms with Crippen molar-refractivity contribution >= 4 is 11.6 Å². The summed E-state index contributed by atoms with van der Waals surface area (Å²) in [6.07, 6.45) is 2.06. The van der Waals surface area contributed by atoms with Gasteiger partial charge in [-0.1, -0.05) is 31.0 Å². The normalized spacial score (nSPS) is 17.1. The van der Waals surface area contributed by atoms with Gasteiger partial charge in [0.25, 0.3) is 11.7 Å². The number of nitrogens with zero attached hydrogens (tertiary/aromatic N) is 1. The Hall–Kier alpha value is -2.57. The van der Waals surface area contributed by atoms with Crippen LogP contribution in [0.4, 0.5) is 5.69 Å². The maximum atomic E-state index is 13.3. The van der Waals surface area contributed by atoms with Crippen molar-refractivity contribution in [2.24, 2.45) is 0 Å². The molecule has 0 radical (unpaired) electrons. The summed E-state index contributed by atoms with van der Waals surface area (Å²) in [7, 11) is 1.63. The van der Waals surface area contributed by atoms with E-state index in [9.17, 15) is 4.79 Å². The first-order valence-corrected chi connectivity index (χ1v) is 10.1. The number of aryl methyl sites for hydroxylation is 1. The minimum Gasteiger partial charge on any atom is -0.493 e. The lowest BCUT2D eigenvalue weighted by Gasteiger charge is -2.22. The molecule has 2 aromatic rings. The Bertz CT molecular complexity index is 904. The van der Waals surface area contributed by atoms with Crippen molar-refractivity contribution in [2.45, 2.75) is 39.0 Å². The van der Waals surface area contributed by atoms with Crippen molar-refractivity contribution in [1.82, 2.24) is 0 Å². The zero-order valence-corrected chi connectivity index (χ0v) is 17.2. The molecule has 2 aliphatic rings. The first kappa shape index (κ1) is 19.7. The standard InChI is InChI=1S/C23H27NO5/c1-4-5-10-27-20-9-7-17(14-21(20)26-3)15-24-19-8-6-16(2)13-18(19)23(22(24)25)28-11-12-29-23/h6-9,13-14H,4-5,10-12,15H2,1-3H3. The van der Waals surface area contributed by atoms with Crippen molar-refractivity contribution in [3.05, 3.63) is 53.1 Å². The minimum absolute atomic E-state index is 0.183. The smallest absolute Gasteiger partial charge is 0.292 e. The molecule has 0 saturated carbocycles. The Morgan fingerprint density at radius 2 is 1.90 bits per heavy atom. The molecule has 1 fully saturated rings. The fourth-order valence-electron chi connectivity index (χ4n) is 3.84. The predicted molar refractivity (Wildman–Crippen MR) is 109 cm³/mol. The van der Waals surface area contributed by atoms with Gasteiger partial charge in [0.15, 0.2) is 11.5 Å². The van der Waals surface area contributed by atoms with Crippen LogP contribution < -0.4 is 14.4 Å². The summed E-state index contributed by atoms with van der Waals surface area (Å²) in [6.45, 7) is 5.99. The summed E-state index contributed by atoms with van der Waals surface area (Å²) in [5.74, 6) is -0.114. The van der Waals surface area contributed by atoms with E-state index in [0.29, 0.717) is 37.9 Å². The van der Waals surface area contributed by atoms with E-state index in [1.54, 1.807) is 12.0 Å². The molecule has 4 rings (SSSR count). The van der Waals surface area contributed by atoms with Crippen molar-refractivity contribution in [3.8, 4) is 11.5 Å². The Kier molecular flexibility index (Phi) is 5.48. The number of fused-ring (bicyclic) bond motifs is 2. The van der Waals surface area contributed by atoms with Crippen LogP contribution in [0, 0.1) is 6.92 Å². The van der Waals surface area contributed by atoms with Gasteiger partial charge in [0.2, 0.25) is 0 Å². The van der Waals surface area contributed by atoms with Crippen LogP contribution in [0.15, 0.2) is 36.4 Å². The Balaban J connectivity index is 1.62. The third kappa shape index (κ3) is 3.47. The number of carbonyl (C=O) groups is 1. The van der Waals surface area contributed by atoms with Crippen LogP contribution in [0.3, 0.4) is 0 Å². The van der Waals surface area contributed by atoms with Gasteiger partial charge < -0.3 is 23.8 Å². The molecule has 0 bridgehead atoms. The zero-order chi connectivity index (χ0) is 20.4. The highest BCUT2D eigenvalue weighted by atomic mass is 16.7. The third-order valence-electron chi connectivity index (χ3n) is 5.34. The van der Waals surface area contributed by atoms with Gasteiger partial charge in [0.1, 0.15) is 0 Å². The van der Waals surface area contributed by atoms with Crippen LogP contribution in [-0.4, -0.2) is 32.8 Å². The van der Waals surface area contributed by atoms with Gasteiger partial charge in [0, 0.05) is 5.56 Å². The van der Waals surface area contributed by atoms with E-state index in [0.717, 1.165) is 35.2 Å². The average molecular weight is 397 g/mol. The molecule has 1 saturated heterocycles. The van der Waals surface area contributed by atoms with Gasteiger partial charge in [-0.25, -0.2) is 0 Å². The summed E-state index contributed by atoms with van der Waals surface area (Å²) in [5.41, 5.74) is 3.61. The number of methoxy groups -OCH3 is 1. The summed E-state index contributed by atoms with van der Waals surface area (Å²) in [6, 6.07) is 11.7. The third-order valence-corrected chi connectivity index (χ3v) is 5.34. The summed E-state index contributed by atoms with van der Waals surface area (Å²) in [5, 5.41) is 0. The molecule has 0 aliphatic carbocycles. The second-order valence-corrected chi connectivity index (χ2v) is 7.41. The number of ether oxygens (including phenoxy) is 4. The van der Waals surface area contributed by atoms with Crippen molar-refractivity contribution in [3.63, 3.8) is 0 Å². The lowest BCUT2D eigenvalue weighted by Crippen LogP contribution is -2.40. The lowest BCUT2D eigenvalue weighted by atomic mass is 10.0. The molecule has 1 spiro atoms. The highest BCUT2D eigenvalue weighted by Gasteiger charge is 2.56. The lowest BCUT2D eigenvalue weighted by molar-refractivity contribution is -0.180. The molecule has 0 aromatic heterocycles. The Morgan fingerprint density at radius 3 is 2.62 bits per heavy atom. The van der Waals surface area contributed by atoms with Crippen molar-refractivity contribution < 1.29 is 23.7 Å². The molecule has 0 unspecified atom stereocenters. The Morgan fingerprint density at radius 1 is 1.10 bits per heavy atom. The van der Waals surface area contributed by atoms with Gasteiger partial charge in [-0.2, -0.15) is 0 Å². The summed E-state index contributed by atoms with van der Waals surface area (Å²) >= 11 is 0. The van der Waals surface area contributed by atoms with E-state index in [1.807, 2.05) is 43.3 Å². The molecule has 2 aromatic carbocycles. The van der Waals surface area contributed by atoms with Gasteiger partial charge in [-0.15, -0.1) is 0 Å². The molecule has 2 aliphatic heterocycles. The van der Waals surface area contributed by atoms with Crippen LogP contribution in [0.2, 0.25) is 0 Å². The first-order valence-electron chi connectivity index (χ1n) is 10.1. The fraction of sp³-hybridized carbons (Fsp3) is 0.435. The number of rotatable bonds is 7. The number of amides is 1. The molecule has 154 valence electrons. The number of hydrogen-bond donors (Lipinski definition) is 0. The number of hydrogen-bond acceptors (Lipinski definition) is 5. The van der Waals surface area contributed by atoms with Gasteiger partial charge in [-0.3, -0.25) is 4.79 Å². The number of unbranched alkanes of at least 4 members (excludes halogenated alkanes) is 1. The zero-order valence-electron chi connectivity index (χ0n) is 17.2. The largest absolute Gasteiger partial charge is 0.493 e. The van der Waals surface area contributed by atoms with Gasteiger partial charge in [-0.05, 0) is 43.2 Å². The van der Waals surface area contributed by atoms with E-state index in [2.05, 4.69) is 6.92 Å². The van der Waals surface area contributed by atoms with Crippen LogP contribution >= 0.6 is 0 Å². The van der Waals surface area contributed by atoms with E-state index < -0.39 is 5.79 Å². The average Bonchev–Trinajstić information content (AvgIpc) is 3.30. The topological polar surface area (TPSA) is 57.2 Å². The highest BCUT2D eigenvalue weighted by Crippen LogP contribution is 2.46. The number of benzene rings is 2. The van der Waals surface area contributed by atoms with Crippen LogP contribution in [0.25, 0.3) is 0 Å². The second-order valence-electron chi connectivity index (χ2n) is 7.41. The molecule has 1 amide bonds. The van der Waals surface area contributed by atoms with Gasteiger partial charge >= 0.3 is 0 Å². The van der Waals surface area contributed by atoms with Gasteiger partial charge in [0.05, 0.1) is 39.2 Å². The van der Waals surface area contributed by atoms with Crippen molar-refractivity contribution in [2.75, 3.05) is 31.8 Å². The maximum absolute atomic E-state index is 13.3. The molecular formula is C23H27NO5. The fourth-order valence-corrected chi connectivity index (χ4v) is 3.84. The Labute approximate surface area is 171 Å². The van der Waals surface area contributed by atoms with E-state index in [1.165, 1.54) is 0 Å². The quantitative estimate of drug-likeness (QED) is 0.663. The molecule has 2 heterocycles. The first-order chi connectivity index (χ1) is 14.1. The summed E-state index contributed by atoms with van der Waals surface area (Å²) < 4.78 is 23.0. The van der Waals surface area contributed by atoms with Crippen LogP contribution in [0.1, 0.15) is 36.5 Å². The van der Waals surface area contributed by atoms with Crippen LogP contribution in [0.5, 0.6) is 11.5 Å². The number of anilines is 1. The molecule has 29 heavy (non-hydrogen) atoms.